The standard InChI is InChI=1S/C26H14Br2N2S/c27-21-11-3-7-15-5-1-9-17(23(15)21)19-13-14-20(26-25(19)29-31-30-26)18-10-2-6-16-8-4-12-22(28)24(16)18/h1-14H/q+2. The van der Waals surface area contributed by atoms with Crippen molar-refractivity contribution in [3.63, 3.8) is 0 Å². The van der Waals surface area contributed by atoms with Gasteiger partial charge in [0.05, 0.1) is 19.2 Å². The molecule has 0 N–H and O–H groups in total. The van der Waals surface area contributed by atoms with Crippen LogP contribution in [0, 0.1) is 0 Å². The highest BCUT2D eigenvalue weighted by atomic mass is 79.9. The lowest BCUT2D eigenvalue weighted by molar-refractivity contribution is 1.29. The smallest absolute Gasteiger partial charge is 0.0610 e. The van der Waals surface area contributed by atoms with Crippen LogP contribution in [0.3, 0.4) is 0 Å². The zero-order valence-corrected chi connectivity index (χ0v) is 20.1. The Kier molecular flexibility index (Phi) is 4.53. The quantitative estimate of drug-likeness (QED) is 0.250. The monoisotopic (exact) mass is 544 g/mol. The molecule has 0 saturated carbocycles. The maximum atomic E-state index is 4.72. The van der Waals surface area contributed by atoms with Gasteiger partial charge in [0.15, 0.2) is 0 Å². The normalized spacial score (nSPS) is 11.8. The van der Waals surface area contributed by atoms with E-state index in [4.69, 9.17) is 8.08 Å². The van der Waals surface area contributed by atoms with E-state index in [-0.39, 0.29) is 0 Å². The highest BCUT2D eigenvalue weighted by molar-refractivity contribution is 9.11. The van der Waals surface area contributed by atoms with Crippen LogP contribution in [0.2, 0.25) is 0 Å². The average molecular weight is 546 g/mol. The van der Waals surface area contributed by atoms with Crippen molar-refractivity contribution >= 4 is 64.8 Å². The van der Waals surface area contributed by atoms with Crippen LogP contribution in [0.5, 0.6) is 0 Å². The van der Waals surface area contributed by atoms with Gasteiger partial charge in [0.1, 0.15) is 0 Å². The number of hydrogen-bond donors (Lipinski definition) is 0. The summed E-state index contributed by atoms with van der Waals surface area (Å²) in [5.74, 6) is 0. The van der Waals surface area contributed by atoms with E-state index in [2.05, 4.69) is 117 Å². The summed E-state index contributed by atoms with van der Waals surface area (Å²) in [7, 11) is 0. The molecule has 0 atom stereocenters. The fourth-order valence-corrected chi connectivity index (χ4v) is 6.10. The van der Waals surface area contributed by atoms with E-state index in [1.807, 2.05) is 0 Å². The van der Waals surface area contributed by atoms with Gasteiger partial charge >= 0.3 is 22.1 Å². The molecular weight excluding hydrogens is 532 g/mol. The molecule has 1 aliphatic rings. The first-order chi connectivity index (χ1) is 15.2. The van der Waals surface area contributed by atoms with E-state index in [0.717, 1.165) is 41.9 Å². The first-order valence-electron chi connectivity index (χ1n) is 9.83. The first-order valence-corrected chi connectivity index (χ1v) is 12.1. The number of benzene rings is 5. The average Bonchev–Trinajstić information content (AvgIpc) is 3.28. The van der Waals surface area contributed by atoms with Crippen LogP contribution in [-0.4, -0.2) is 0 Å². The number of nitrogens with zero attached hydrogens (tertiary/aromatic N) is 2. The predicted molar refractivity (Wildman–Crippen MR) is 137 cm³/mol. The van der Waals surface area contributed by atoms with Gasteiger partial charge in [-0.15, -0.1) is 0 Å². The first kappa shape index (κ1) is 18.9. The van der Waals surface area contributed by atoms with Crippen molar-refractivity contribution in [2.24, 2.45) is 0 Å². The molecule has 0 spiro atoms. The molecule has 0 unspecified atom stereocenters. The Morgan fingerprint density at radius 3 is 1.35 bits per heavy atom. The van der Waals surface area contributed by atoms with Crippen LogP contribution in [-0.2, 0) is 11.4 Å². The van der Waals surface area contributed by atoms with Gasteiger partial charge in [-0.25, -0.2) is 0 Å². The van der Waals surface area contributed by atoms with E-state index >= 15 is 0 Å². The van der Waals surface area contributed by atoms with Crippen LogP contribution >= 0.6 is 31.9 Å². The fourth-order valence-electron chi connectivity index (χ4n) is 4.34. The lowest BCUT2D eigenvalue weighted by Crippen LogP contribution is -2.31. The molecule has 1 aliphatic heterocycles. The molecule has 0 saturated heterocycles. The van der Waals surface area contributed by atoms with Gasteiger partial charge in [0.2, 0.25) is 0 Å². The molecule has 5 aromatic carbocycles. The Morgan fingerprint density at radius 2 is 0.903 bits per heavy atom. The minimum atomic E-state index is 0.940. The van der Waals surface area contributed by atoms with Crippen molar-refractivity contribution < 1.29 is 0 Å². The summed E-state index contributed by atoms with van der Waals surface area (Å²) in [6, 6.07) is 29.8. The lowest BCUT2D eigenvalue weighted by Gasteiger charge is -2.08. The second kappa shape index (κ2) is 7.42. The third-order valence-electron chi connectivity index (χ3n) is 5.70. The molecule has 0 aromatic heterocycles. The topological polar surface area (TPSA) is 28.2 Å². The van der Waals surface area contributed by atoms with Crippen LogP contribution < -0.4 is 18.8 Å². The number of hydrogen-bond acceptors (Lipinski definition) is 0. The highest BCUT2D eigenvalue weighted by Gasteiger charge is 2.27. The van der Waals surface area contributed by atoms with E-state index < -0.39 is 0 Å². The molecule has 5 heteroatoms. The van der Waals surface area contributed by atoms with Crippen molar-refractivity contribution in [2.75, 3.05) is 0 Å². The van der Waals surface area contributed by atoms with Gasteiger partial charge in [-0.3, -0.25) is 0 Å². The van der Waals surface area contributed by atoms with Gasteiger partial charge in [0.25, 0.3) is 0 Å². The summed E-state index contributed by atoms with van der Waals surface area (Å²) >= 11 is 8.76. The molecule has 0 amide bonds. The van der Waals surface area contributed by atoms with Crippen molar-refractivity contribution in [3.8, 4) is 22.3 Å². The molecule has 146 valence electrons. The van der Waals surface area contributed by atoms with Crippen molar-refractivity contribution in [1.82, 2.24) is 8.08 Å². The van der Waals surface area contributed by atoms with Gasteiger partial charge in [0, 0.05) is 19.7 Å². The Labute approximate surface area is 198 Å². The van der Waals surface area contributed by atoms with E-state index in [1.54, 1.807) is 0 Å². The summed E-state index contributed by atoms with van der Waals surface area (Å²) in [6.45, 7) is 0. The number of fused-ring (bicyclic) bond motifs is 3. The Morgan fingerprint density at radius 1 is 0.484 bits per heavy atom. The van der Waals surface area contributed by atoms with Crippen LogP contribution in [0.15, 0.2) is 93.9 Å². The third-order valence-corrected chi connectivity index (χ3v) is 7.55. The Balaban J connectivity index is 1.68. The highest BCUT2D eigenvalue weighted by Crippen LogP contribution is 2.35. The maximum absolute atomic E-state index is 4.72. The number of rotatable bonds is 2. The molecule has 2 nitrogen and oxygen atoms in total. The van der Waals surface area contributed by atoms with E-state index in [9.17, 15) is 0 Å². The van der Waals surface area contributed by atoms with Crippen molar-refractivity contribution in [2.45, 2.75) is 0 Å². The van der Waals surface area contributed by atoms with Crippen molar-refractivity contribution in [3.05, 3.63) is 105 Å². The zero-order valence-electron chi connectivity index (χ0n) is 16.1. The molecule has 0 bridgehead atoms. The SMILES string of the molecule is Brc1cccc2cccc(-c3ccc(-c4cccc5cccc(Br)c45)c4c3=[N+]=S=[N+]=4)c12. The number of halogens is 2. The minimum absolute atomic E-state index is 0.940. The van der Waals surface area contributed by atoms with Gasteiger partial charge in [-0.05, 0) is 46.2 Å². The minimum Gasteiger partial charge on any atom is -0.0610 e. The predicted octanol–water partition coefficient (Wildman–Crippen LogP) is 5.69. The molecule has 0 radical (unpaired) electrons. The second-order valence-electron chi connectivity index (χ2n) is 7.41. The third kappa shape index (κ3) is 2.98. The molecule has 31 heavy (non-hydrogen) atoms. The summed E-state index contributed by atoms with van der Waals surface area (Å²) in [4.78, 5) is 0. The molecule has 0 aliphatic carbocycles. The van der Waals surface area contributed by atoms with E-state index in [1.165, 1.54) is 32.9 Å². The maximum Gasteiger partial charge on any atom is 0.700 e. The van der Waals surface area contributed by atoms with E-state index in [0.29, 0.717) is 0 Å². The van der Waals surface area contributed by atoms with Gasteiger partial charge < -0.3 is 0 Å². The molecule has 6 rings (SSSR count). The Hall–Kier alpha value is -2.78. The van der Waals surface area contributed by atoms with Gasteiger partial charge in [-0.2, -0.15) is 0 Å². The Bertz CT molecular complexity index is 1640. The fraction of sp³-hybridized carbons (Fsp3) is 0. The second-order valence-corrected chi connectivity index (χ2v) is 9.65. The summed E-state index contributed by atoms with van der Waals surface area (Å²) < 4.78 is 11.6. The molecule has 0 fully saturated rings. The largest absolute Gasteiger partial charge is 0.700 e. The van der Waals surface area contributed by atoms with Crippen LogP contribution in [0.4, 0.5) is 0 Å². The summed E-state index contributed by atoms with van der Waals surface area (Å²) in [5, 5.41) is 6.67. The van der Waals surface area contributed by atoms with Crippen LogP contribution in [0.1, 0.15) is 0 Å². The summed E-state index contributed by atoms with van der Waals surface area (Å²) in [5.41, 5.74) is 4.52. The van der Waals surface area contributed by atoms with Crippen LogP contribution in [0.25, 0.3) is 43.8 Å². The summed E-state index contributed by atoms with van der Waals surface area (Å²) in [6.07, 6.45) is 0. The van der Waals surface area contributed by atoms with Gasteiger partial charge in [-0.1, -0.05) is 92.5 Å². The van der Waals surface area contributed by atoms with Crippen molar-refractivity contribution in [1.29, 1.82) is 0 Å². The zero-order chi connectivity index (χ0) is 20.9. The lowest BCUT2D eigenvalue weighted by atomic mass is 9.93. The molecule has 5 aromatic rings. The molecular formula is C26H14Br2N2S+2. The molecule has 1 heterocycles.